The van der Waals surface area contributed by atoms with Gasteiger partial charge in [0.1, 0.15) is 0 Å². The van der Waals surface area contributed by atoms with Gasteiger partial charge in [-0.05, 0) is 59.9 Å². The van der Waals surface area contributed by atoms with Gasteiger partial charge in [0.2, 0.25) is 12.7 Å². The number of hydrogen-bond acceptors (Lipinski definition) is 5. The van der Waals surface area contributed by atoms with E-state index in [1.807, 2.05) is 36.4 Å². The van der Waals surface area contributed by atoms with E-state index >= 15 is 0 Å². The van der Waals surface area contributed by atoms with E-state index in [4.69, 9.17) is 21.1 Å². The number of fused-ring (bicyclic) bond motifs is 1. The highest BCUT2D eigenvalue weighted by Gasteiger charge is 2.37. The van der Waals surface area contributed by atoms with Crippen molar-refractivity contribution < 1.29 is 27.4 Å². The summed E-state index contributed by atoms with van der Waals surface area (Å²) in [6, 6.07) is 18.1. The molecular formula is C29H29ClF3N3O3. The molecule has 2 N–H and O–H groups in total. The van der Waals surface area contributed by atoms with Gasteiger partial charge in [0.15, 0.2) is 11.5 Å². The number of halogens is 4. The van der Waals surface area contributed by atoms with E-state index in [0.717, 1.165) is 17.2 Å². The molecule has 10 heteroatoms. The van der Waals surface area contributed by atoms with Crippen molar-refractivity contribution in [1.29, 1.82) is 0 Å². The van der Waals surface area contributed by atoms with E-state index in [-0.39, 0.29) is 30.9 Å². The Morgan fingerprint density at radius 2 is 1.82 bits per heavy atom. The number of likely N-dealkylation sites (tertiary alicyclic amines) is 1. The molecule has 5 rings (SSSR count). The van der Waals surface area contributed by atoms with Crippen molar-refractivity contribution in [2.75, 3.05) is 19.9 Å². The summed E-state index contributed by atoms with van der Waals surface area (Å²) in [6.07, 6.45) is -3.32. The summed E-state index contributed by atoms with van der Waals surface area (Å²) in [4.78, 5) is 15.3. The zero-order valence-corrected chi connectivity index (χ0v) is 21.9. The lowest BCUT2D eigenvalue weighted by Gasteiger charge is -2.23. The number of nitrogens with one attached hydrogen (secondary N) is 2. The van der Waals surface area contributed by atoms with E-state index in [1.54, 1.807) is 12.1 Å². The monoisotopic (exact) mass is 559 g/mol. The predicted molar refractivity (Wildman–Crippen MR) is 142 cm³/mol. The SMILES string of the molecule is O=C(NCCc1ccc2c(c1)OCO2)[C@@H]1C[C@H](NCc2ccccc2C(F)(F)F)CN1Cc1cccc(Cl)c1. The normalized spacial score (nSPS) is 18.9. The van der Waals surface area contributed by atoms with Crippen molar-refractivity contribution in [2.45, 2.75) is 44.2 Å². The van der Waals surface area contributed by atoms with Crippen molar-refractivity contribution >= 4 is 17.5 Å². The van der Waals surface area contributed by atoms with Crippen LogP contribution >= 0.6 is 11.6 Å². The van der Waals surface area contributed by atoms with Crippen LogP contribution in [-0.2, 0) is 30.5 Å². The first-order valence-electron chi connectivity index (χ1n) is 12.8. The van der Waals surface area contributed by atoms with Gasteiger partial charge in [-0.15, -0.1) is 0 Å². The minimum atomic E-state index is -4.42. The Morgan fingerprint density at radius 3 is 2.64 bits per heavy atom. The molecule has 0 saturated carbocycles. The Kier molecular flexibility index (Phi) is 8.30. The molecule has 0 aromatic heterocycles. The van der Waals surface area contributed by atoms with Crippen LogP contribution in [0.3, 0.4) is 0 Å². The van der Waals surface area contributed by atoms with Crippen molar-refractivity contribution in [3.05, 3.63) is 94.0 Å². The van der Waals surface area contributed by atoms with Crippen LogP contribution in [0.1, 0.15) is 28.7 Å². The minimum absolute atomic E-state index is 0.0593. The Hall–Kier alpha value is -3.27. The van der Waals surface area contributed by atoms with Gasteiger partial charge in [-0.25, -0.2) is 0 Å². The third kappa shape index (κ3) is 6.84. The number of hydrogen-bond donors (Lipinski definition) is 2. The first-order chi connectivity index (χ1) is 18.8. The number of carbonyl (C=O) groups excluding carboxylic acids is 1. The maximum absolute atomic E-state index is 13.4. The molecule has 1 fully saturated rings. The fourth-order valence-electron chi connectivity index (χ4n) is 5.12. The Morgan fingerprint density at radius 1 is 1.00 bits per heavy atom. The van der Waals surface area contributed by atoms with Gasteiger partial charge in [-0.1, -0.05) is 48.0 Å². The number of alkyl halides is 3. The molecule has 3 aromatic rings. The largest absolute Gasteiger partial charge is 0.454 e. The van der Waals surface area contributed by atoms with Gasteiger partial charge >= 0.3 is 6.18 Å². The van der Waals surface area contributed by atoms with Gasteiger partial charge in [0.05, 0.1) is 11.6 Å². The zero-order valence-electron chi connectivity index (χ0n) is 21.1. The lowest BCUT2D eigenvalue weighted by molar-refractivity contribution is -0.138. The summed E-state index contributed by atoms with van der Waals surface area (Å²) < 4.78 is 51.1. The number of ether oxygens (including phenoxy) is 2. The van der Waals surface area contributed by atoms with E-state index in [2.05, 4.69) is 15.5 Å². The molecule has 1 saturated heterocycles. The van der Waals surface area contributed by atoms with Crippen molar-refractivity contribution in [2.24, 2.45) is 0 Å². The van der Waals surface area contributed by atoms with Crippen LogP contribution in [0.5, 0.6) is 11.5 Å². The van der Waals surface area contributed by atoms with Crippen LogP contribution in [0.15, 0.2) is 66.7 Å². The molecule has 2 heterocycles. The van der Waals surface area contributed by atoms with Gasteiger partial charge in [0.25, 0.3) is 0 Å². The highest BCUT2D eigenvalue weighted by atomic mass is 35.5. The standard InChI is InChI=1S/C29H29ClF3N3O3/c30-22-6-3-4-20(12-22)16-36-17-23(35-15-21-5-1-2-7-24(21)29(31,32)33)14-25(36)28(37)34-11-10-19-8-9-26-27(13-19)39-18-38-26/h1-9,12-13,23,25,35H,10-11,14-18H2,(H,34,37)/t23-,25-/m0/s1. The zero-order chi connectivity index (χ0) is 27.4. The third-order valence-corrected chi connectivity index (χ3v) is 7.27. The summed E-state index contributed by atoms with van der Waals surface area (Å²) in [5.41, 5.74) is 1.51. The number of benzene rings is 3. The molecule has 1 amide bonds. The van der Waals surface area contributed by atoms with Crippen LogP contribution < -0.4 is 20.1 Å². The summed E-state index contributed by atoms with van der Waals surface area (Å²) in [5, 5.41) is 6.90. The lowest BCUT2D eigenvalue weighted by Crippen LogP contribution is -2.43. The van der Waals surface area contributed by atoms with Crippen LogP contribution in [0, 0.1) is 0 Å². The predicted octanol–water partition coefficient (Wildman–Crippen LogP) is 5.18. The van der Waals surface area contributed by atoms with E-state index < -0.39 is 17.8 Å². The molecule has 206 valence electrons. The summed E-state index contributed by atoms with van der Waals surface area (Å²) >= 11 is 6.17. The topological polar surface area (TPSA) is 62.8 Å². The second kappa shape index (κ2) is 11.9. The van der Waals surface area contributed by atoms with Crippen LogP contribution in [0.25, 0.3) is 0 Å². The first kappa shape index (κ1) is 27.3. The number of rotatable bonds is 9. The fraction of sp³-hybridized carbons (Fsp3) is 0.345. The first-order valence-corrected chi connectivity index (χ1v) is 13.2. The van der Waals surface area contributed by atoms with Crippen molar-refractivity contribution in [3.63, 3.8) is 0 Å². The summed E-state index contributed by atoms with van der Waals surface area (Å²) in [7, 11) is 0. The van der Waals surface area contributed by atoms with Crippen LogP contribution in [0.2, 0.25) is 5.02 Å². The number of amides is 1. The maximum atomic E-state index is 13.4. The Balaban J connectivity index is 1.23. The highest BCUT2D eigenvalue weighted by Crippen LogP contribution is 2.33. The molecule has 6 nitrogen and oxygen atoms in total. The molecule has 39 heavy (non-hydrogen) atoms. The molecule has 0 radical (unpaired) electrons. The Bertz CT molecular complexity index is 1320. The number of carbonyl (C=O) groups is 1. The molecule has 2 atom stereocenters. The summed E-state index contributed by atoms with van der Waals surface area (Å²) in [5.74, 6) is 1.29. The van der Waals surface area contributed by atoms with Crippen molar-refractivity contribution in [3.8, 4) is 11.5 Å². The third-order valence-electron chi connectivity index (χ3n) is 7.03. The lowest BCUT2D eigenvalue weighted by atomic mass is 10.1. The quantitative estimate of drug-likeness (QED) is 0.378. The molecule has 0 bridgehead atoms. The van der Waals surface area contributed by atoms with Crippen molar-refractivity contribution in [1.82, 2.24) is 15.5 Å². The number of nitrogens with zero attached hydrogens (tertiary/aromatic N) is 1. The van der Waals surface area contributed by atoms with E-state index in [0.29, 0.717) is 49.0 Å². The molecule has 3 aromatic carbocycles. The van der Waals surface area contributed by atoms with E-state index in [1.165, 1.54) is 12.1 Å². The molecule has 0 unspecified atom stereocenters. The Labute approximate surface area is 230 Å². The maximum Gasteiger partial charge on any atom is 0.416 e. The minimum Gasteiger partial charge on any atom is -0.454 e. The van der Waals surface area contributed by atoms with Gasteiger partial charge in [-0.2, -0.15) is 13.2 Å². The van der Waals surface area contributed by atoms with Gasteiger partial charge in [0, 0.05) is 37.2 Å². The molecule has 2 aliphatic heterocycles. The molecule has 0 aliphatic carbocycles. The molecule has 0 spiro atoms. The van der Waals surface area contributed by atoms with E-state index in [9.17, 15) is 18.0 Å². The summed E-state index contributed by atoms with van der Waals surface area (Å²) in [6.45, 7) is 1.72. The average molecular weight is 560 g/mol. The average Bonchev–Trinajstić information content (AvgIpc) is 3.54. The second-order valence-corrected chi connectivity index (χ2v) is 10.2. The van der Waals surface area contributed by atoms with Gasteiger partial charge < -0.3 is 20.1 Å². The van der Waals surface area contributed by atoms with Crippen LogP contribution in [0.4, 0.5) is 13.2 Å². The smallest absolute Gasteiger partial charge is 0.416 e. The molecule has 2 aliphatic rings. The fourth-order valence-corrected chi connectivity index (χ4v) is 5.33. The van der Waals surface area contributed by atoms with Gasteiger partial charge in [-0.3, -0.25) is 9.69 Å². The highest BCUT2D eigenvalue weighted by molar-refractivity contribution is 6.30. The second-order valence-electron chi connectivity index (χ2n) is 9.77. The molecular weight excluding hydrogens is 531 g/mol. The van der Waals surface area contributed by atoms with Crippen LogP contribution in [-0.4, -0.2) is 42.8 Å².